The lowest BCUT2D eigenvalue weighted by molar-refractivity contribution is -0.425. The minimum Gasteiger partial charge on any atom is -0.298 e. The molecule has 0 N–H and O–H groups in total. The van der Waals surface area contributed by atoms with E-state index in [1.807, 2.05) is 0 Å². The monoisotopic (exact) mass is 129 g/mol. The van der Waals surface area contributed by atoms with Crippen LogP contribution in [-0.4, -0.2) is 4.92 Å². The van der Waals surface area contributed by atoms with Crippen molar-refractivity contribution in [3.8, 4) is 0 Å². The van der Waals surface area contributed by atoms with Crippen molar-refractivity contribution >= 4 is 0 Å². The van der Waals surface area contributed by atoms with Crippen LogP contribution in [0.1, 0.15) is 0 Å². The van der Waals surface area contributed by atoms with E-state index in [9.17, 15) is 10.1 Å². The van der Waals surface area contributed by atoms with Gasteiger partial charge in [0.15, 0.2) is 0 Å². The molecular formula is C4H3NO4. The number of allylic oxidation sites excluding steroid dienone is 1. The number of rotatable bonds is 1. The van der Waals surface area contributed by atoms with Crippen LogP contribution in [0, 0.1) is 10.1 Å². The lowest BCUT2D eigenvalue weighted by Crippen LogP contribution is -1.99. The first-order valence-corrected chi connectivity index (χ1v) is 2.14. The van der Waals surface area contributed by atoms with Gasteiger partial charge in [0, 0.05) is 0 Å². The Morgan fingerprint density at radius 3 is 2.67 bits per heavy atom. The molecule has 48 valence electrons. The van der Waals surface area contributed by atoms with Gasteiger partial charge in [0.05, 0.1) is 11.0 Å². The highest BCUT2D eigenvalue weighted by molar-refractivity contribution is 5.06. The smallest absolute Gasteiger partial charge is 0.298 e. The maximum Gasteiger partial charge on any atom is 0.312 e. The largest absolute Gasteiger partial charge is 0.312 e. The van der Waals surface area contributed by atoms with Gasteiger partial charge in [-0.25, -0.2) is 0 Å². The normalized spacial score (nSPS) is 15.3. The van der Waals surface area contributed by atoms with Gasteiger partial charge in [0.1, 0.15) is 6.26 Å². The van der Waals surface area contributed by atoms with Gasteiger partial charge in [-0.2, -0.15) is 0 Å². The summed E-state index contributed by atoms with van der Waals surface area (Å²) in [4.78, 5) is 17.7. The first-order valence-electron chi connectivity index (χ1n) is 2.14. The Morgan fingerprint density at radius 1 is 1.56 bits per heavy atom. The molecule has 5 heteroatoms. The number of nitrogens with zero attached hydrogens (tertiary/aromatic N) is 1. The first-order chi connectivity index (χ1) is 4.30. The molecule has 0 spiro atoms. The molecule has 1 aliphatic heterocycles. The van der Waals surface area contributed by atoms with Gasteiger partial charge in [-0.05, 0) is 0 Å². The quantitative estimate of drug-likeness (QED) is 0.295. The molecule has 0 aromatic carbocycles. The zero-order valence-corrected chi connectivity index (χ0v) is 4.31. The summed E-state index contributed by atoms with van der Waals surface area (Å²) in [5, 5.41) is 9.90. The summed E-state index contributed by atoms with van der Waals surface area (Å²) in [7, 11) is 0. The lowest BCUT2D eigenvalue weighted by Gasteiger charge is -1.98. The first kappa shape index (κ1) is 5.61. The van der Waals surface area contributed by atoms with E-state index in [1.165, 1.54) is 6.08 Å². The number of hydrogen-bond donors (Lipinski definition) is 0. The molecule has 0 atom stereocenters. The van der Waals surface area contributed by atoms with E-state index in [4.69, 9.17) is 0 Å². The Bertz CT molecular complexity index is 183. The summed E-state index contributed by atoms with van der Waals surface area (Å²) in [6.07, 6.45) is 3.21. The Hall–Kier alpha value is -1.52. The molecule has 0 saturated heterocycles. The summed E-state index contributed by atoms with van der Waals surface area (Å²) in [5.41, 5.74) is -0.124. The summed E-state index contributed by atoms with van der Waals surface area (Å²) in [6.45, 7) is 0. The average molecular weight is 129 g/mol. The minimum absolute atomic E-state index is 0.124. The molecular weight excluding hydrogens is 126 g/mol. The molecule has 1 rings (SSSR count). The van der Waals surface area contributed by atoms with E-state index in [1.54, 1.807) is 0 Å². The van der Waals surface area contributed by atoms with E-state index in [0.29, 0.717) is 0 Å². The Balaban J connectivity index is 2.69. The average Bonchev–Trinajstić information content (AvgIpc) is 1.90. The molecule has 9 heavy (non-hydrogen) atoms. The predicted octanol–water partition coefficient (Wildman–Crippen LogP) is 0.580. The van der Waals surface area contributed by atoms with Gasteiger partial charge in [-0.1, -0.05) is 0 Å². The van der Waals surface area contributed by atoms with Crippen LogP contribution >= 0.6 is 0 Å². The summed E-state index contributed by atoms with van der Waals surface area (Å²) >= 11 is 0. The second-order valence-corrected chi connectivity index (χ2v) is 1.30. The van der Waals surface area contributed by atoms with Crippen molar-refractivity contribution in [2.24, 2.45) is 0 Å². The van der Waals surface area contributed by atoms with Gasteiger partial charge in [0.25, 0.3) is 0 Å². The second kappa shape index (κ2) is 2.17. The molecule has 0 aromatic rings. The zero-order valence-electron chi connectivity index (χ0n) is 4.31. The highest BCUT2D eigenvalue weighted by atomic mass is 17.2. The molecule has 0 bridgehead atoms. The SMILES string of the molecule is O=[N+]([O-])C1=COOC=C1. The number of hydrogen-bond acceptors (Lipinski definition) is 4. The maximum atomic E-state index is 9.90. The van der Waals surface area contributed by atoms with Gasteiger partial charge >= 0.3 is 5.70 Å². The lowest BCUT2D eigenvalue weighted by atomic mass is 10.5. The van der Waals surface area contributed by atoms with E-state index >= 15 is 0 Å². The van der Waals surface area contributed by atoms with Crippen molar-refractivity contribution in [3.63, 3.8) is 0 Å². The third kappa shape index (κ3) is 1.18. The highest BCUT2D eigenvalue weighted by Crippen LogP contribution is 2.03. The molecule has 5 nitrogen and oxygen atoms in total. The zero-order chi connectivity index (χ0) is 6.69. The van der Waals surface area contributed by atoms with Crippen LogP contribution in [0.25, 0.3) is 0 Å². The van der Waals surface area contributed by atoms with Gasteiger partial charge in [0.2, 0.25) is 6.26 Å². The van der Waals surface area contributed by atoms with E-state index in [-0.39, 0.29) is 5.70 Å². The van der Waals surface area contributed by atoms with Crippen molar-refractivity contribution in [3.05, 3.63) is 34.4 Å². The molecule has 0 aromatic heterocycles. The Kier molecular flexibility index (Phi) is 1.35. The maximum absolute atomic E-state index is 9.90. The fourth-order valence-electron chi connectivity index (χ4n) is 0.350. The fourth-order valence-corrected chi connectivity index (χ4v) is 0.350. The molecule has 0 saturated carbocycles. The third-order valence-corrected chi connectivity index (χ3v) is 0.730. The molecule has 0 fully saturated rings. The van der Waals surface area contributed by atoms with E-state index in [0.717, 1.165) is 12.5 Å². The van der Waals surface area contributed by atoms with Crippen molar-refractivity contribution in [1.82, 2.24) is 0 Å². The Labute approximate surface area is 50.3 Å². The molecule has 0 aliphatic carbocycles. The fraction of sp³-hybridized carbons (Fsp3) is 0. The molecule has 0 radical (unpaired) electrons. The Morgan fingerprint density at radius 2 is 2.33 bits per heavy atom. The van der Waals surface area contributed by atoms with Crippen molar-refractivity contribution in [1.29, 1.82) is 0 Å². The van der Waals surface area contributed by atoms with Crippen molar-refractivity contribution < 1.29 is 14.7 Å². The molecule has 0 unspecified atom stereocenters. The van der Waals surface area contributed by atoms with Crippen molar-refractivity contribution in [2.45, 2.75) is 0 Å². The summed E-state index contributed by atoms with van der Waals surface area (Å²) < 4.78 is 0. The third-order valence-electron chi connectivity index (χ3n) is 0.730. The molecule has 0 amide bonds. The van der Waals surface area contributed by atoms with Gasteiger partial charge in [-0.3, -0.25) is 19.9 Å². The van der Waals surface area contributed by atoms with Crippen LogP contribution < -0.4 is 0 Å². The van der Waals surface area contributed by atoms with Crippen LogP contribution in [0.3, 0.4) is 0 Å². The van der Waals surface area contributed by atoms with Crippen LogP contribution in [-0.2, 0) is 9.78 Å². The van der Waals surface area contributed by atoms with Gasteiger partial charge in [-0.15, -0.1) is 0 Å². The van der Waals surface area contributed by atoms with Gasteiger partial charge < -0.3 is 0 Å². The highest BCUT2D eigenvalue weighted by Gasteiger charge is 2.09. The van der Waals surface area contributed by atoms with Crippen molar-refractivity contribution in [2.75, 3.05) is 0 Å². The second-order valence-electron chi connectivity index (χ2n) is 1.30. The van der Waals surface area contributed by atoms with Crippen LogP contribution in [0.5, 0.6) is 0 Å². The molecule has 1 aliphatic rings. The number of nitro groups is 1. The summed E-state index contributed by atoms with van der Waals surface area (Å²) in [6, 6.07) is 0. The van der Waals surface area contributed by atoms with Crippen LogP contribution in [0.15, 0.2) is 24.3 Å². The van der Waals surface area contributed by atoms with E-state index in [2.05, 4.69) is 9.78 Å². The van der Waals surface area contributed by atoms with Crippen LogP contribution in [0.4, 0.5) is 0 Å². The topological polar surface area (TPSA) is 61.6 Å². The summed E-state index contributed by atoms with van der Waals surface area (Å²) in [5.74, 6) is 0. The van der Waals surface area contributed by atoms with E-state index < -0.39 is 4.92 Å². The minimum atomic E-state index is -0.570. The predicted molar refractivity (Wildman–Crippen MR) is 26.4 cm³/mol. The molecule has 1 heterocycles. The standard InChI is InChI=1S/C4H3NO4/c6-5(7)4-1-2-8-9-3-4/h1-3H. The van der Waals surface area contributed by atoms with Crippen LogP contribution in [0.2, 0.25) is 0 Å².